The minimum atomic E-state index is -0.480. The Morgan fingerprint density at radius 1 is 1.13 bits per heavy atom. The highest BCUT2D eigenvalue weighted by Gasteiger charge is 2.13. The highest BCUT2D eigenvalue weighted by molar-refractivity contribution is 5.97. The van der Waals surface area contributed by atoms with Crippen LogP contribution in [0.25, 0.3) is 22.8 Å². The molecule has 1 aliphatic heterocycles. The van der Waals surface area contributed by atoms with Crippen molar-refractivity contribution >= 4 is 23.0 Å². The SMILES string of the molecule is Cc1ccc(-n2ncc3c(=O)n(NC(=O)C=Cc4ccc5c(c4)OCO5)cnc32)cc1. The van der Waals surface area contributed by atoms with Crippen molar-refractivity contribution in [2.75, 3.05) is 12.2 Å². The number of rotatable bonds is 4. The molecule has 9 heteroatoms. The molecule has 0 bridgehead atoms. The average molecular weight is 415 g/mol. The molecule has 5 rings (SSSR count). The zero-order valence-electron chi connectivity index (χ0n) is 16.5. The summed E-state index contributed by atoms with van der Waals surface area (Å²) in [6, 6.07) is 13.1. The molecule has 31 heavy (non-hydrogen) atoms. The Balaban J connectivity index is 1.37. The van der Waals surface area contributed by atoms with E-state index in [-0.39, 0.29) is 6.79 Å². The Labute approximate surface area is 176 Å². The first-order chi connectivity index (χ1) is 15.1. The number of ether oxygens (including phenoxy) is 2. The lowest BCUT2D eigenvalue weighted by Gasteiger charge is -2.06. The number of hydrogen-bond acceptors (Lipinski definition) is 6. The predicted molar refractivity (Wildman–Crippen MR) is 114 cm³/mol. The van der Waals surface area contributed by atoms with Gasteiger partial charge in [-0.05, 0) is 42.8 Å². The summed E-state index contributed by atoms with van der Waals surface area (Å²) < 4.78 is 13.2. The van der Waals surface area contributed by atoms with Gasteiger partial charge in [-0.1, -0.05) is 23.8 Å². The Kier molecular flexibility index (Phi) is 4.47. The van der Waals surface area contributed by atoms with Crippen molar-refractivity contribution in [2.45, 2.75) is 6.92 Å². The quantitative estimate of drug-likeness (QED) is 0.514. The summed E-state index contributed by atoms with van der Waals surface area (Å²) in [6.45, 7) is 2.17. The van der Waals surface area contributed by atoms with Crippen molar-refractivity contribution < 1.29 is 14.3 Å². The Hall–Kier alpha value is -4.40. The van der Waals surface area contributed by atoms with Crippen LogP contribution in [0.5, 0.6) is 11.5 Å². The summed E-state index contributed by atoms with van der Waals surface area (Å²) in [4.78, 5) is 29.4. The molecule has 1 amide bonds. The summed E-state index contributed by atoms with van der Waals surface area (Å²) in [5.41, 5.74) is 5.17. The number of carbonyl (C=O) groups excluding carboxylic acids is 1. The van der Waals surface area contributed by atoms with E-state index in [0.717, 1.165) is 21.5 Å². The van der Waals surface area contributed by atoms with Crippen LogP contribution in [-0.2, 0) is 4.79 Å². The van der Waals surface area contributed by atoms with Gasteiger partial charge in [0.1, 0.15) is 11.7 Å². The summed E-state index contributed by atoms with van der Waals surface area (Å²) in [6.07, 6.45) is 5.65. The van der Waals surface area contributed by atoms with Crippen molar-refractivity contribution in [3.05, 3.63) is 82.5 Å². The molecule has 154 valence electrons. The van der Waals surface area contributed by atoms with Gasteiger partial charge in [0.05, 0.1) is 11.9 Å². The van der Waals surface area contributed by atoms with Crippen molar-refractivity contribution in [3.63, 3.8) is 0 Å². The van der Waals surface area contributed by atoms with Gasteiger partial charge in [0.25, 0.3) is 11.5 Å². The first-order valence-electron chi connectivity index (χ1n) is 9.50. The van der Waals surface area contributed by atoms with Crippen LogP contribution in [0.2, 0.25) is 0 Å². The molecular formula is C22H17N5O4. The maximum Gasteiger partial charge on any atom is 0.283 e. The van der Waals surface area contributed by atoms with Crippen LogP contribution in [0.15, 0.2) is 65.9 Å². The van der Waals surface area contributed by atoms with Gasteiger partial charge in [-0.15, -0.1) is 0 Å². The van der Waals surface area contributed by atoms with E-state index in [0.29, 0.717) is 22.5 Å². The third kappa shape index (κ3) is 3.52. The molecule has 0 unspecified atom stereocenters. The first kappa shape index (κ1) is 18.6. The Morgan fingerprint density at radius 3 is 2.77 bits per heavy atom. The number of nitrogens with one attached hydrogen (secondary N) is 1. The van der Waals surface area contributed by atoms with Gasteiger partial charge >= 0.3 is 0 Å². The zero-order chi connectivity index (χ0) is 21.4. The van der Waals surface area contributed by atoms with Crippen LogP contribution in [0, 0.1) is 6.92 Å². The standard InChI is InChI=1S/C22H17N5O4/c1-14-2-6-16(7-3-14)27-21-17(11-24-27)22(29)26(12-23-21)25-20(28)9-5-15-4-8-18-19(10-15)31-13-30-18/h2-12H,13H2,1H3,(H,25,28). The zero-order valence-corrected chi connectivity index (χ0v) is 16.5. The lowest BCUT2D eigenvalue weighted by atomic mass is 10.2. The van der Waals surface area contributed by atoms with Gasteiger partial charge < -0.3 is 9.47 Å². The Bertz CT molecular complexity index is 1390. The third-order valence-corrected chi connectivity index (χ3v) is 4.82. The minimum Gasteiger partial charge on any atom is -0.454 e. The number of fused-ring (bicyclic) bond motifs is 2. The number of carbonyl (C=O) groups is 1. The predicted octanol–water partition coefficient (Wildman–Crippen LogP) is 2.40. The minimum absolute atomic E-state index is 0.182. The lowest BCUT2D eigenvalue weighted by Crippen LogP contribution is -2.32. The molecule has 0 spiro atoms. The van der Waals surface area contributed by atoms with Gasteiger partial charge in [0.2, 0.25) is 6.79 Å². The molecule has 0 fully saturated rings. The van der Waals surface area contributed by atoms with E-state index < -0.39 is 11.5 Å². The summed E-state index contributed by atoms with van der Waals surface area (Å²) in [7, 11) is 0. The summed E-state index contributed by atoms with van der Waals surface area (Å²) >= 11 is 0. The van der Waals surface area contributed by atoms with Crippen molar-refractivity contribution in [2.24, 2.45) is 0 Å². The topological polar surface area (TPSA) is 100 Å². The second-order valence-electron chi connectivity index (χ2n) is 6.97. The van der Waals surface area contributed by atoms with E-state index in [9.17, 15) is 9.59 Å². The molecule has 2 aromatic carbocycles. The fourth-order valence-electron chi connectivity index (χ4n) is 3.21. The van der Waals surface area contributed by atoms with E-state index >= 15 is 0 Å². The normalized spacial score (nSPS) is 12.5. The number of benzene rings is 2. The van der Waals surface area contributed by atoms with Crippen LogP contribution in [0.1, 0.15) is 11.1 Å². The van der Waals surface area contributed by atoms with Gasteiger partial charge in [-0.3, -0.25) is 15.0 Å². The second-order valence-corrected chi connectivity index (χ2v) is 6.97. The van der Waals surface area contributed by atoms with Crippen LogP contribution in [-0.4, -0.2) is 32.1 Å². The van der Waals surface area contributed by atoms with Gasteiger partial charge in [0, 0.05) is 6.08 Å². The van der Waals surface area contributed by atoms with Crippen LogP contribution >= 0.6 is 0 Å². The molecule has 4 aromatic rings. The molecule has 0 saturated carbocycles. The smallest absolute Gasteiger partial charge is 0.283 e. The highest BCUT2D eigenvalue weighted by Crippen LogP contribution is 2.32. The molecule has 0 atom stereocenters. The molecule has 1 N–H and O–H groups in total. The number of aromatic nitrogens is 4. The maximum absolute atomic E-state index is 12.8. The van der Waals surface area contributed by atoms with Crippen molar-refractivity contribution in [1.82, 2.24) is 19.4 Å². The maximum atomic E-state index is 12.8. The summed E-state index contributed by atoms with van der Waals surface area (Å²) in [5, 5.41) is 4.57. The molecule has 0 saturated heterocycles. The summed E-state index contributed by atoms with van der Waals surface area (Å²) in [5.74, 6) is 0.810. The van der Waals surface area contributed by atoms with Crippen molar-refractivity contribution in [1.29, 1.82) is 0 Å². The molecule has 3 heterocycles. The first-order valence-corrected chi connectivity index (χ1v) is 9.50. The van der Waals surface area contributed by atoms with Crippen LogP contribution < -0.4 is 20.5 Å². The van der Waals surface area contributed by atoms with Crippen LogP contribution in [0.4, 0.5) is 0 Å². The van der Waals surface area contributed by atoms with Gasteiger partial charge in [0.15, 0.2) is 17.1 Å². The molecule has 1 aliphatic rings. The molecular weight excluding hydrogens is 398 g/mol. The van der Waals surface area contributed by atoms with Gasteiger partial charge in [-0.25, -0.2) is 14.3 Å². The fraction of sp³-hybridized carbons (Fsp3) is 0.0909. The van der Waals surface area contributed by atoms with E-state index in [1.165, 1.54) is 18.6 Å². The average Bonchev–Trinajstić information content (AvgIpc) is 3.42. The molecule has 0 radical (unpaired) electrons. The number of aryl methyl sites for hydroxylation is 1. The van der Waals surface area contributed by atoms with E-state index in [1.54, 1.807) is 29.0 Å². The Morgan fingerprint density at radius 2 is 1.94 bits per heavy atom. The van der Waals surface area contributed by atoms with Crippen LogP contribution in [0.3, 0.4) is 0 Å². The second kappa shape index (κ2) is 7.45. The van der Waals surface area contributed by atoms with Gasteiger partial charge in [-0.2, -0.15) is 5.10 Å². The van der Waals surface area contributed by atoms with E-state index in [4.69, 9.17) is 9.47 Å². The van der Waals surface area contributed by atoms with Crippen molar-refractivity contribution in [3.8, 4) is 17.2 Å². The molecule has 0 aliphatic carbocycles. The third-order valence-electron chi connectivity index (χ3n) is 4.82. The number of nitrogens with zero attached hydrogens (tertiary/aromatic N) is 4. The largest absolute Gasteiger partial charge is 0.454 e. The number of hydrogen-bond donors (Lipinski definition) is 1. The molecule has 9 nitrogen and oxygen atoms in total. The fourth-order valence-corrected chi connectivity index (χ4v) is 3.21. The lowest BCUT2D eigenvalue weighted by molar-refractivity contribution is -0.112. The highest BCUT2D eigenvalue weighted by atomic mass is 16.7. The molecule has 2 aromatic heterocycles. The monoisotopic (exact) mass is 415 g/mol. The van der Waals surface area contributed by atoms with E-state index in [1.807, 2.05) is 31.2 Å². The number of amides is 1. The van der Waals surface area contributed by atoms with E-state index in [2.05, 4.69) is 15.5 Å².